The maximum absolute atomic E-state index is 12.6. The molecule has 1 saturated heterocycles. The van der Waals surface area contributed by atoms with Gasteiger partial charge in [0.15, 0.2) is 0 Å². The van der Waals surface area contributed by atoms with Gasteiger partial charge < -0.3 is 14.6 Å². The van der Waals surface area contributed by atoms with Gasteiger partial charge in [-0.15, -0.1) is 0 Å². The van der Waals surface area contributed by atoms with Gasteiger partial charge in [-0.05, 0) is 38.0 Å². The number of carbonyl (C=O) groups is 1. The Morgan fingerprint density at radius 1 is 1.39 bits per heavy atom. The van der Waals surface area contributed by atoms with Crippen LogP contribution in [0.5, 0.6) is 0 Å². The molecular weight excluding hydrogens is 298 g/mol. The molecule has 1 aromatic carbocycles. The maximum Gasteiger partial charge on any atom is 0.322 e. The number of amides is 2. The lowest BCUT2D eigenvalue weighted by molar-refractivity contribution is -0.385. The van der Waals surface area contributed by atoms with Crippen molar-refractivity contribution in [3.63, 3.8) is 0 Å². The molecule has 1 atom stereocenters. The van der Waals surface area contributed by atoms with Gasteiger partial charge >= 0.3 is 6.03 Å². The van der Waals surface area contributed by atoms with Crippen LogP contribution in [0.3, 0.4) is 0 Å². The van der Waals surface area contributed by atoms with E-state index in [-0.39, 0.29) is 17.8 Å². The highest BCUT2D eigenvalue weighted by Crippen LogP contribution is 2.33. The van der Waals surface area contributed by atoms with Crippen LogP contribution in [0.25, 0.3) is 0 Å². The first-order valence-electron chi connectivity index (χ1n) is 7.43. The van der Waals surface area contributed by atoms with E-state index in [0.29, 0.717) is 17.8 Å². The number of carbonyl (C=O) groups excluding carboxylic acids is 1. The molecule has 1 N–H and O–H groups in total. The Kier molecular flexibility index (Phi) is 4.01. The molecule has 0 saturated carbocycles. The first kappa shape index (κ1) is 15.1. The summed E-state index contributed by atoms with van der Waals surface area (Å²) in [5.74, 6) is 0.758. The Hall–Kier alpha value is -2.83. The summed E-state index contributed by atoms with van der Waals surface area (Å²) < 4.78 is 5.41. The number of hydrogen-bond donors (Lipinski definition) is 1. The van der Waals surface area contributed by atoms with Crippen molar-refractivity contribution >= 4 is 17.4 Å². The number of benzene rings is 1. The molecule has 0 bridgehead atoms. The molecule has 0 spiro atoms. The fourth-order valence-corrected chi connectivity index (χ4v) is 2.93. The first-order chi connectivity index (χ1) is 11.1. The van der Waals surface area contributed by atoms with Crippen LogP contribution >= 0.6 is 0 Å². The minimum absolute atomic E-state index is 0.00759. The Balaban J connectivity index is 1.79. The monoisotopic (exact) mass is 315 g/mol. The van der Waals surface area contributed by atoms with Gasteiger partial charge in [-0.25, -0.2) is 4.79 Å². The third kappa shape index (κ3) is 2.90. The van der Waals surface area contributed by atoms with Crippen LogP contribution in [-0.4, -0.2) is 22.4 Å². The van der Waals surface area contributed by atoms with Crippen molar-refractivity contribution in [3.05, 3.63) is 58.0 Å². The molecule has 120 valence electrons. The summed E-state index contributed by atoms with van der Waals surface area (Å²) in [7, 11) is 0. The number of nitro benzene ring substituents is 1. The maximum atomic E-state index is 12.6. The SMILES string of the molecule is Cc1c(NC(=O)N2CCC[C@H]2c2ccco2)cccc1[N+](=O)[O-]. The van der Waals surface area contributed by atoms with Gasteiger partial charge in [-0.1, -0.05) is 6.07 Å². The number of urea groups is 1. The Morgan fingerprint density at radius 3 is 2.91 bits per heavy atom. The summed E-state index contributed by atoms with van der Waals surface area (Å²) in [5, 5.41) is 13.8. The Bertz CT molecular complexity index is 727. The average Bonchev–Trinajstić information content (AvgIpc) is 3.19. The van der Waals surface area contributed by atoms with E-state index in [1.807, 2.05) is 6.07 Å². The number of rotatable bonds is 3. The van der Waals surface area contributed by atoms with Crippen LogP contribution in [0.1, 0.15) is 30.2 Å². The zero-order chi connectivity index (χ0) is 16.4. The van der Waals surface area contributed by atoms with Gasteiger partial charge in [0.05, 0.1) is 28.5 Å². The second-order valence-corrected chi connectivity index (χ2v) is 5.50. The average molecular weight is 315 g/mol. The third-order valence-corrected chi connectivity index (χ3v) is 4.13. The molecule has 2 heterocycles. The normalized spacial score (nSPS) is 17.3. The minimum atomic E-state index is -0.452. The lowest BCUT2D eigenvalue weighted by Crippen LogP contribution is -2.34. The molecule has 2 aromatic rings. The number of furan rings is 1. The molecule has 1 aliphatic rings. The number of likely N-dealkylation sites (tertiary alicyclic amines) is 1. The fraction of sp³-hybridized carbons (Fsp3) is 0.312. The summed E-state index contributed by atoms with van der Waals surface area (Å²) >= 11 is 0. The van der Waals surface area contributed by atoms with E-state index >= 15 is 0 Å². The van der Waals surface area contributed by atoms with Crippen LogP contribution in [0.4, 0.5) is 16.2 Å². The summed E-state index contributed by atoms with van der Waals surface area (Å²) in [6, 6.07) is 7.94. The number of hydrogen-bond acceptors (Lipinski definition) is 4. The van der Waals surface area contributed by atoms with Gasteiger partial charge in [0, 0.05) is 12.6 Å². The molecule has 0 unspecified atom stereocenters. The molecule has 3 rings (SSSR count). The number of nitrogens with zero attached hydrogens (tertiary/aromatic N) is 2. The second-order valence-electron chi connectivity index (χ2n) is 5.50. The van der Waals surface area contributed by atoms with Crippen LogP contribution in [0.2, 0.25) is 0 Å². The van der Waals surface area contributed by atoms with E-state index in [2.05, 4.69) is 5.32 Å². The number of nitro groups is 1. The summed E-state index contributed by atoms with van der Waals surface area (Å²) in [4.78, 5) is 24.8. The zero-order valence-corrected chi connectivity index (χ0v) is 12.7. The Morgan fingerprint density at radius 2 is 2.22 bits per heavy atom. The molecule has 2 amide bonds. The van der Waals surface area contributed by atoms with Gasteiger partial charge in [-0.2, -0.15) is 0 Å². The van der Waals surface area contributed by atoms with Crippen molar-refractivity contribution < 1.29 is 14.1 Å². The van der Waals surface area contributed by atoms with Crippen molar-refractivity contribution in [3.8, 4) is 0 Å². The molecular formula is C16H17N3O4. The van der Waals surface area contributed by atoms with Crippen molar-refractivity contribution in [2.75, 3.05) is 11.9 Å². The molecule has 0 aliphatic carbocycles. The highest BCUT2D eigenvalue weighted by atomic mass is 16.6. The van der Waals surface area contributed by atoms with E-state index < -0.39 is 4.92 Å². The van der Waals surface area contributed by atoms with E-state index in [4.69, 9.17) is 4.42 Å². The summed E-state index contributed by atoms with van der Waals surface area (Å²) in [5.41, 5.74) is 0.890. The van der Waals surface area contributed by atoms with Crippen molar-refractivity contribution in [2.45, 2.75) is 25.8 Å². The van der Waals surface area contributed by atoms with E-state index in [0.717, 1.165) is 18.6 Å². The van der Waals surface area contributed by atoms with Gasteiger partial charge in [0.25, 0.3) is 5.69 Å². The van der Waals surface area contributed by atoms with Gasteiger partial charge in [0.1, 0.15) is 5.76 Å². The van der Waals surface area contributed by atoms with E-state index in [9.17, 15) is 14.9 Å². The molecule has 1 aromatic heterocycles. The largest absolute Gasteiger partial charge is 0.467 e. The number of anilines is 1. The smallest absolute Gasteiger partial charge is 0.322 e. The standard InChI is InChI=1S/C16H17N3O4/c1-11-12(5-2-6-13(11)19(21)22)17-16(20)18-9-3-7-14(18)15-8-4-10-23-15/h2,4-6,8,10,14H,3,7,9H2,1H3,(H,17,20)/t14-/m0/s1. The molecule has 23 heavy (non-hydrogen) atoms. The van der Waals surface area contributed by atoms with Crippen molar-refractivity contribution in [1.82, 2.24) is 4.90 Å². The first-order valence-corrected chi connectivity index (χ1v) is 7.43. The summed E-state index contributed by atoms with van der Waals surface area (Å²) in [6.07, 6.45) is 3.33. The predicted molar refractivity (Wildman–Crippen MR) is 84.2 cm³/mol. The van der Waals surface area contributed by atoms with Crippen LogP contribution in [0, 0.1) is 17.0 Å². The third-order valence-electron chi connectivity index (χ3n) is 4.13. The molecule has 7 heteroatoms. The fourth-order valence-electron chi connectivity index (χ4n) is 2.93. The van der Waals surface area contributed by atoms with Crippen molar-refractivity contribution in [2.24, 2.45) is 0 Å². The van der Waals surface area contributed by atoms with Crippen molar-refractivity contribution in [1.29, 1.82) is 0 Å². The zero-order valence-electron chi connectivity index (χ0n) is 12.7. The lowest BCUT2D eigenvalue weighted by Gasteiger charge is -2.23. The second kappa shape index (κ2) is 6.12. The predicted octanol–water partition coefficient (Wildman–Crippen LogP) is 3.87. The Labute approximate surface area is 133 Å². The quantitative estimate of drug-likeness (QED) is 0.688. The number of nitrogens with one attached hydrogen (secondary N) is 1. The topological polar surface area (TPSA) is 88.6 Å². The van der Waals surface area contributed by atoms with Gasteiger partial charge in [0.2, 0.25) is 0 Å². The summed E-state index contributed by atoms with van der Waals surface area (Å²) in [6.45, 7) is 2.26. The molecule has 1 fully saturated rings. The van der Waals surface area contributed by atoms with Crippen LogP contribution in [-0.2, 0) is 0 Å². The highest BCUT2D eigenvalue weighted by Gasteiger charge is 2.32. The molecule has 1 aliphatic heterocycles. The van der Waals surface area contributed by atoms with E-state index in [1.165, 1.54) is 6.07 Å². The molecule has 0 radical (unpaired) electrons. The minimum Gasteiger partial charge on any atom is -0.467 e. The van der Waals surface area contributed by atoms with Crippen LogP contribution < -0.4 is 5.32 Å². The molecule has 7 nitrogen and oxygen atoms in total. The van der Waals surface area contributed by atoms with E-state index in [1.54, 1.807) is 36.3 Å². The van der Waals surface area contributed by atoms with Gasteiger partial charge in [-0.3, -0.25) is 10.1 Å². The highest BCUT2D eigenvalue weighted by molar-refractivity contribution is 5.91. The van der Waals surface area contributed by atoms with Crippen LogP contribution in [0.15, 0.2) is 41.0 Å². The lowest BCUT2D eigenvalue weighted by atomic mass is 10.1.